The number of rotatable bonds is 2. The fourth-order valence-corrected chi connectivity index (χ4v) is 2.59. The van der Waals surface area contributed by atoms with E-state index < -0.39 is 0 Å². The number of amides is 1. The highest BCUT2D eigenvalue weighted by Crippen LogP contribution is 2.25. The van der Waals surface area contributed by atoms with Crippen LogP contribution in [0.3, 0.4) is 0 Å². The summed E-state index contributed by atoms with van der Waals surface area (Å²) in [5, 5.41) is 0.787. The SMILES string of the molecule is COC(=O)C1CCN(C(=O)c2ccc(Cl)c(Cl)c2)CC1. The third kappa shape index (κ3) is 3.25. The second-order valence-electron chi connectivity index (χ2n) is 4.72. The predicted octanol–water partition coefficient (Wildman–Crippen LogP) is 3.02. The zero-order chi connectivity index (χ0) is 14.7. The first-order valence-corrected chi connectivity index (χ1v) is 7.10. The van der Waals surface area contributed by atoms with Gasteiger partial charge in [-0.25, -0.2) is 0 Å². The van der Waals surface area contributed by atoms with Gasteiger partial charge >= 0.3 is 5.97 Å². The molecule has 0 bridgehead atoms. The average molecular weight is 316 g/mol. The van der Waals surface area contributed by atoms with E-state index in [9.17, 15) is 9.59 Å². The first kappa shape index (κ1) is 15.1. The number of hydrogen-bond acceptors (Lipinski definition) is 3. The molecular weight excluding hydrogens is 301 g/mol. The van der Waals surface area contributed by atoms with E-state index in [1.807, 2.05) is 0 Å². The molecule has 1 aromatic carbocycles. The lowest BCUT2D eigenvalue weighted by molar-refractivity contribution is -0.146. The molecule has 6 heteroatoms. The van der Waals surface area contributed by atoms with E-state index in [4.69, 9.17) is 27.9 Å². The molecule has 1 fully saturated rings. The molecule has 1 aliphatic heterocycles. The lowest BCUT2D eigenvalue weighted by atomic mass is 9.96. The van der Waals surface area contributed by atoms with Crippen LogP contribution in [0.25, 0.3) is 0 Å². The molecule has 4 nitrogen and oxygen atoms in total. The summed E-state index contributed by atoms with van der Waals surface area (Å²) in [6.07, 6.45) is 1.25. The standard InChI is InChI=1S/C14H15Cl2NO3/c1-20-14(19)9-4-6-17(7-5-9)13(18)10-2-3-11(15)12(16)8-10/h2-3,8-9H,4-7H2,1H3. The van der Waals surface area contributed by atoms with E-state index in [1.54, 1.807) is 23.1 Å². The van der Waals surface area contributed by atoms with Gasteiger partial charge in [0.1, 0.15) is 0 Å². The number of nitrogens with zero attached hydrogens (tertiary/aromatic N) is 1. The minimum absolute atomic E-state index is 0.0908. The molecule has 1 aliphatic rings. The van der Waals surface area contributed by atoms with Crippen molar-refractivity contribution < 1.29 is 14.3 Å². The van der Waals surface area contributed by atoms with Gasteiger partial charge in [-0.05, 0) is 31.0 Å². The van der Waals surface area contributed by atoms with Crippen molar-refractivity contribution in [3.8, 4) is 0 Å². The molecule has 1 saturated heterocycles. The van der Waals surface area contributed by atoms with Crippen LogP contribution in [-0.4, -0.2) is 37.0 Å². The Kier molecular flexibility index (Phi) is 4.89. The molecule has 0 aromatic heterocycles. The predicted molar refractivity (Wildman–Crippen MR) is 77.1 cm³/mol. The number of benzene rings is 1. The van der Waals surface area contributed by atoms with Gasteiger partial charge in [0.2, 0.25) is 0 Å². The van der Waals surface area contributed by atoms with Gasteiger partial charge < -0.3 is 9.64 Å². The van der Waals surface area contributed by atoms with Gasteiger partial charge in [-0.3, -0.25) is 9.59 Å². The molecule has 0 unspecified atom stereocenters. The summed E-state index contributed by atoms with van der Waals surface area (Å²) < 4.78 is 4.72. The van der Waals surface area contributed by atoms with Crippen molar-refractivity contribution in [3.63, 3.8) is 0 Å². The van der Waals surface area contributed by atoms with E-state index in [2.05, 4.69) is 0 Å². The van der Waals surface area contributed by atoms with Crippen molar-refractivity contribution in [1.82, 2.24) is 4.90 Å². The van der Waals surface area contributed by atoms with E-state index >= 15 is 0 Å². The molecule has 1 amide bonds. The van der Waals surface area contributed by atoms with E-state index in [1.165, 1.54) is 7.11 Å². The summed E-state index contributed by atoms with van der Waals surface area (Å²) in [4.78, 5) is 25.5. The Labute approximate surface area is 127 Å². The number of likely N-dealkylation sites (tertiary alicyclic amines) is 1. The zero-order valence-electron chi connectivity index (χ0n) is 11.1. The maximum atomic E-state index is 12.3. The highest BCUT2D eigenvalue weighted by molar-refractivity contribution is 6.42. The highest BCUT2D eigenvalue weighted by atomic mass is 35.5. The lowest BCUT2D eigenvalue weighted by Crippen LogP contribution is -2.40. The molecule has 0 spiro atoms. The minimum atomic E-state index is -0.202. The Morgan fingerprint density at radius 3 is 2.40 bits per heavy atom. The molecule has 1 aromatic rings. The van der Waals surface area contributed by atoms with Gasteiger partial charge in [-0.1, -0.05) is 23.2 Å². The van der Waals surface area contributed by atoms with Crippen LogP contribution >= 0.6 is 23.2 Å². The Hall–Kier alpha value is -1.26. The Morgan fingerprint density at radius 2 is 1.85 bits per heavy atom. The van der Waals surface area contributed by atoms with Gasteiger partial charge in [0.05, 0.1) is 23.1 Å². The number of methoxy groups -OCH3 is 1. The fraction of sp³-hybridized carbons (Fsp3) is 0.429. The van der Waals surface area contributed by atoms with Crippen LogP contribution in [0.15, 0.2) is 18.2 Å². The van der Waals surface area contributed by atoms with Crippen LogP contribution in [0.4, 0.5) is 0 Å². The molecule has 0 radical (unpaired) electrons. The van der Waals surface area contributed by atoms with Crippen molar-refractivity contribution >= 4 is 35.1 Å². The second-order valence-corrected chi connectivity index (χ2v) is 5.53. The third-order valence-electron chi connectivity index (χ3n) is 3.48. The number of piperidine rings is 1. The average Bonchev–Trinajstić information content (AvgIpc) is 2.48. The summed E-state index contributed by atoms with van der Waals surface area (Å²) in [6.45, 7) is 1.08. The summed E-state index contributed by atoms with van der Waals surface area (Å²) in [5.41, 5.74) is 0.510. The summed E-state index contributed by atoms with van der Waals surface area (Å²) in [6, 6.07) is 4.83. The number of carbonyl (C=O) groups is 2. The number of carbonyl (C=O) groups excluding carboxylic acids is 2. The van der Waals surface area contributed by atoms with Crippen molar-refractivity contribution in [2.45, 2.75) is 12.8 Å². The van der Waals surface area contributed by atoms with E-state index in [0.29, 0.717) is 41.5 Å². The Bertz CT molecular complexity index is 525. The second kappa shape index (κ2) is 6.46. The molecule has 108 valence electrons. The Morgan fingerprint density at radius 1 is 1.20 bits per heavy atom. The number of esters is 1. The molecule has 20 heavy (non-hydrogen) atoms. The normalized spacial score (nSPS) is 16.1. The number of halogens is 2. The smallest absolute Gasteiger partial charge is 0.308 e. The maximum absolute atomic E-state index is 12.3. The monoisotopic (exact) mass is 315 g/mol. The maximum Gasteiger partial charge on any atom is 0.308 e. The van der Waals surface area contributed by atoms with Gasteiger partial charge in [0.15, 0.2) is 0 Å². The number of ether oxygens (including phenoxy) is 1. The molecule has 2 rings (SSSR count). The van der Waals surface area contributed by atoms with E-state index in [-0.39, 0.29) is 17.8 Å². The van der Waals surface area contributed by atoms with Crippen LogP contribution in [-0.2, 0) is 9.53 Å². The molecule has 1 heterocycles. The molecule has 0 N–H and O–H groups in total. The fourth-order valence-electron chi connectivity index (χ4n) is 2.30. The van der Waals surface area contributed by atoms with Crippen LogP contribution in [0, 0.1) is 5.92 Å². The molecule has 0 saturated carbocycles. The summed E-state index contributed by atoms with van der Waals surface area (Å²) in [5.74, 6) is -0.406. The lowest BCUT2D eigenvalue weighted by Gasteiger charge is -2.30. The topological polar surface area (TPSA) is 46.6 Å². The van der Waals surface area contributed by atoms with Crippen molar-refractivity contribution in [1.29, 1.82) is 0 Å². The molecule has 0 aliphatic carbocycles. The van der Waals surface area contributed by atoms with Gasteiger partial charge in [-0.2, -0.15) is 0 Å². The number of hydrogen-bond donors (Lipinski definition) is 0. The first-order chi connectivity index (χ1) is 9.52. The Balaban J connectivity index is 2.01. The van der Waals surface area contributed by atoms with Crippen LogP contribution in [0.5, 0.6) is 0 Å². The minimum Gasteiger partial charge on any atom is -0.469 e. The molecule has 0 atom stereocenters. The first-order valence-electron chi connectivity index (χ1n) is 6.35. The van der Waals surface area contributed by atoms with E-state index in [0.717, 1.165) is 0 Å². The summed E-state index contributed by atoms with van der Waals surface area (Å²) >= 11 is 11.7. The highest BCUT2D eigenvalue weighted by Gasteiger charge is 2.28. The molecular formula is C14H15Cl2NO3. The van der Waals surface area contributed by atoms with Gasteiger partial charge in [0, 0.05) is 18.7 Å². The van der Waals surface area contributed by atoms with Gasteiger partial charge in [0.25, 0.3) is 5.91 Å². The summed E-state index contributed by atoms with van der Waals surface area (Å²) in [7, 11) is 1.38. The largest absolute Gasteiger partial charge is 0.469 e. The van der Waals surface area contributed by atoms with Crippen molar-refractivity contribution in [2.24, 2.45) is 5.92 Å². The van der Waals surface area contributed by atoms with Crippen molar-refractivity contribution in [3.05, 3.63) is 33.8 Å². The zero-order valence-corrected chi connectivity index (χ0v) is 12.6. The van der Waals surface area contributed by atoms with Crippen LogP contribution in [0.2, 0.25) is 10.0 Å². The van der Waals surface area contributed by atoms with Crippen LogP contribution in [0.1, 0.15) is 23.2 Å². The quantitative estimate of drug-likeness (QED) is 0.788. The third-order valence-corrected chi connectivity index (χ3v) is 4.22. The van der Waals surface area contributed by atoms with Gasteiger partial charge in [-0.15, -0.1) is 0 Å². The van der Waals surface area contributed by atoms with Crippen LogP contribution < -0.4 is 0 Å². The van der Waals surface area contributed by atoms with Crippen molar-refractivity contribution in [2.75, 3.05) is 20.2 Å².